The van der Waals surface area contributed by atoms with E-state index in [9.17, 15) is 8.78 Å². The molecule has 0 saturated carbocycles. The van der Waals surface area contributed by atoms with Crippen molar-refractivity contribution in [3.63, 3.8) is 0 Å². The maximum absolute atomic E-state index is 13.9. The van der Waals surface area contributed by atoms with Gasteiger partial charge in [-0.1, -0.05) is 0 Å². The monoisotopic (exact) mass is 436 g/mol. The van der Waals surface area contributed by atoms with Gasteiger partial charge in [-0.2, -0.15) is 0 Å². The van der Waals surface area contributed by atoms with Crippen LogP contribution in [0.1, 0.15) is 6.42 Å². The summed E-state index contributed by atoms with van der Waals surface area (Å²) in [4.78, 5) is 13.5. The third-order valence-corrected chi connectivity index (χ3v) is 4.87. The van der Waals surface area contributed by atoms with E-state index >= 15 is 0 Å². The fraction of sp³-hybridized carbons (Fsp3) is 0.208. The number of halogens is 2. The van der Waals surface area contributed by atoms with E-state index in [4.69, 9.17) is 14.5 Å². The van der Waals surface area contributed by atoms with E-state index < -0.39 is 11.6 Å². The largest absolute Gasteiger partial charge is 0.491 e. The average molecular weight is 436 g/mol. The van der Waals surface area contributed by atoms with Gasteiger partial charge in [0.05, 0.1) is 6.61 Å². The molecule has 32 heavy (non-hydrogen) atoms. The number of hydrogen-bond donors (Lipinski definition) is 1. The molecule has 0 aliphatic carbocycles. The van der Waals surface area contributed by atoms with E-state index in [2.05, 4.69) is 15.3 Å². The summed E-state index contributed by atoms with van der Waals surface area (Å²) in [5.74, 6) is 0.234. The molecule has 0 amide bonds. The molecule has 6 nitrogen and oxygen atoms in total. The van der Waals surface area contributed by atoms with E-state index in [0.29, 0.717) is 59.1 Å². The Morgan fingerprint density at radius 2 is 1.72 bits per heavy atom. The van der Waals surface area contributed by atoms with Crippen molar-refractivity contribution in [3.05, 3.63) is 66.5 Å². The Hall–Kier alpha value is -3.65. The fourth-order valence-electron chi connectivity index (χ4n) is 3.40. The fourth-order valence-corrected chi connectivity index (χ4v) is 3.40. The molecule has 0 unspecified atom stereocenters. The van der Waals surface area contributed by atoms with Gasteiger partial charge in [0.25, 0.3) is 0 Å². The highest BCUT2D eigenvalue weighted by Gasteiger charge is 2.16. The first kappa shape index (κ1) is 21.6. The molecule has 4 aromatic rings. The minimum absolute atomic E-state index is 0.393. The normalized spacial score (nSPS) is 11.0. The number of pyridine rings is 1. The third kappa shape index (κ3) is 4.65. The minimum Gasteiger partial charge on any atom is -0.491 e. The molecule has 0 spiro atoms. The molecule has 0 aliphatic rings. The van der Waals surface area contributed by atoms with Gasteiger partial charge in [-0.05, 0) is 47.5 Å². The van der Waals surface area contributed by atoms with Gasteiger partial charge >= 0.3 is 0 Å². The van der Waals surface area contributed by atoms with Crippen LogP contribution in [0.15, 0.2) is 54.9 Å². The summed E-state index contributed by atoms with van der Waals surface area (Å²) in [5, 5.41) is 3.76. The lowest BCUT2D eigenvalue weighted by Crippen LogP contribution is -2.05. The molecule has 0 radical (unpaired) electrons. The molecule has 0 aliphatic heterocycles. The smallest absolute Gasteiger partial charge is 0.163 e. The van der Waals surface area contributed by atoms with Crippen molar-refractivity contribution in [1.29, 1.82) is 0 Å². The van der Waals surface area contributed by atoms with Gasteiger partial charge in [0.2, 0.25) is 0 Å². The van der Waals surface area contributed by atoms with Gasteiger partial charge in [-0.15, -0.1) is 0 Å². The Kier molecular flexibility index (Phi) is 6.51. The maximum Gasteiger partial charge on any atom is 0.163 e. The number of benzene rings is 2. The summed E-state index contributed by atoms with van der Waals surface area (Å²) < 4.78 is 38.9. The Labute approximate surface area is 184 Å². The van der Waals surface area contributed by atoms with E-state index in [1.807, 2.05) is 12.1 Å². The highest BCUT2D eigenvalue weighted by atomic mass is 19.1. The van der Waals surface area contributed by atoms with Crippen molar-refractivity contribution in [2.45, 2.75) is 6.42 Å². The van der Waals surface area contributed by atoms with Crippen molar-refractivity contribution in [1.82, 2.24) is 15.0 Å². The number of ether oxygens (including phenoxy) is 2. The van der Waals surface area contributed by atoms with Gasteiger partial charge in [0.15, 0.2) is 5.82 Å². The van der Waals surface area contributed by atoms with Crippen molar-refractivity contribution >= 4 is 16.7 Å². The molecule has 2 aromatic heterocycles. The Bertz CT molecular complexity index is 1220. The zero-order valence-electron chi connectivity index (χ0n) is 17.7. The molecule has 0 saturated heterocycles. The second-order valence-electron chi connectivity index (χ2n) is 7.11. The summed E-state index contributed by atoms with van der Waals surface area (Å²) in [6, 6.07) is 10.6. The Morgan fingerprint density at radius 3 is 2.41 bits per heavy atom. The number of fused-ring (bicyclic) bond motifs is 1. The zero-order chi connectivity index (χ0) is 22.5. The van der Waals surface area contributed by atoms with Crippen LogP contribution in [0.25, 0.3) is 33.4 Å². The van der Waals surface area contributed by atoms with Gasteiger partial charge in [0, 0.05) is 56.6 Å². The van der Waals surface area contributed by atoms with Crippen molar-refractivity contribution in [2.24, 2.45) is 0 Å². The topological polar surface area (TPSA) is 69.2 Å². The van der Waals surface area contributed by atoms with Gasteiger partial charge < -0.3 is 14.8 Å². The van der Waals surface area contributed by atoms with E-state index in [1.165, 1.54) is 12.1 Å². The van der Waals surface area contributed by atoms with Crippen LogP contribution in [0.5, 0.6) is 5.75 Å². The highest BCUT2D eigenvalue weighted by Crippen LogP contribution is 2.36. The summed E-state index contributed by atoms with van der Waals surface area (Å²) in [7, 11) is 3.38. The maximum atomic E-state index is 13.9. The average Bonchev–Trinajstić information content (AvgIpc) is 2.81. The summed E-state index contributed by atoms with van der Waals surface area (Å²) >= 11 is 0. The Balaban J connectivity index is 1.90. The SMILES string of the molecule is CNc1nc(-c2cccnc2)nc2c(OCCCOC)cc(-c3cc(F)cc(F)c3)cc12. The molecule has 0 atom stereocenters. The second kappa shape index (κ2) is 9.65. The van der Waals surface area contributed by atoms with Crippen LogP contribution in [0.2, 0.25) is 0 Å². The summed E-state index contributed by atoms with van der Waals surface area (Å²) in [5.41, 5.74) is 2.32. The molecule has 4 rings (SSSR count). The first-order chi connectivity index (χ1) is 15.6. The number of hydrogen-bond acceptors (Lipinski definition) is 6. The van der Waals surface area contributed by atoms with Crippen LogP contribution in [-0.2, 0) is 4.74 Å². The van der Waals surface area contributed by atoms with Gasteiger partial charge in [0.1, 0.15) is 28.7 Å². The number of anilines is 1. The van der Waals surface area contributed by atoms with Gasteiger partial charge in [-0.25, -0.2) is 18.7 Å². The van der Waals surface area contributed by atoms with Crippen molar-refractivity contribution in [3.8, 4) is 28.3 Å². The zero-order valence-corrected chi connectivity index (χ0v) is 17.7. The molecule has 0 bridgehead atoms. The lowest BCUT2D eigenvalue weighted by Gasteiger charge is -2.15. The molecule has 8 heteroatoms. The van der Waals surface area contributed by atoms with Crippen LogP contribution < -0.4 is 10.1 Å². The molecule has 2 aromatic carbocycles. The predicted molar refractivity (Wildman–Crippen MR) is 120 cm³/mol. The second-order valence-corrected chi connectivity index (χ2v) is 7.11. The van der Waals surface area contributed by atoms with Crippen LogP contribution in [0.3, 0.4) is 0 Å². The Morgan fingerprint density at radius 1 is 0.938 bits per heavy atom. The first-order valence-corrected chi connectivity index (χ1v) is 10.1. The number of nitrogens with zero attached hydrogens (tertiary/aromatic N) is 3. The third-order valence-electron chi connectivity index (χ3n) is 4.87. The lowest BCUT2D eigenvalue weighted by molar-refractivity contribution is 0.172. The van der Waals surface area contributed by atoms with Crippen molar-refractivity contribution in [2.75, 3.05) is 32.7 Å². The van der Waals surface area contributed by atoms with E-state index in [0.717, 1.165) is 11.6 Å². The number of methoxy groups -OCH3 is 1. The number of rotatable bonds is 8. The van der Waals surface area contributed by atoms with Crippen LogP contribution >= 0.6 is 0 Å². The van der Waals surface area contributed by atoms with E-state index in [-0.39, 0.29) is 0 Å². The summed E-state index contributed by atoms with van der Waals surface area (Å²) in [6.45, 7) is 0.940. The standard InChI is InChI=1S/C24H22F2N4O2/c1-27-24-20-11-17(16-9-18(25)13-19(26)10-16)12-21(32-8-4-7-31-2)22(20)29-23(30-24)15-5-3-6-28-14-15/h3,5-6,9-14H,4,7-8H2,1-2H3,(H,27,29,30). The highest BCUT2D eigenvalue weighted by molar-refractivity contribution is 5.97. The molecule has 2 heterocycles. The molecule has 1 N–H and O–H groups in total. The molecular weight excluding hydrogens is 414 g/mol. The predicted octanol–water partition coefficient (Wildman–Crippen LogP) is 5.09. The first-order valence-electron chi connectivity index (χ1n) is 10.1. The van der Waals surface area contributed by atoms with Gasteiger partial charge in [-0.3, -0.25) is 4.98 Å². The quantitative estimate of drug-likeness (QED) is 0.388. The minimum atomic E-state index is -0.653. The van der Waals surface area contributed by atoms with Crippen LogP contribution in [0, 0.1) is 11.6 Å². The van der Waals surface area contributed by atoms with Crippen LogP contribution in [0.4, 0.5) is 14.6 Å². The molecule has 0 fully saturated rings. The van der Waals surface area contributed by atoms with Crippen molar-refractivity contribution < 1.29 is 18.3 Å². The molecular formula is C24H22F2N4O2. The van der Waals surface area contributed by atoms with Crippen LogP contribution in [-0.4, -0.2) is 42.3 Å². The number of nitrogens with one attached hydrogen (secondary N) is 1. The number of aromatic nitrogens is 3. The summed E-state index contributed by atoms with van der Waals surface area (Å²) in [6.07, 6.45) is 4.04. The molecule has 164 valence electrons. The lowest BCUT2D eigenvalue weighted by atomic mass is 10.0. The van der Waals surface area contributed by atoms with E-state index in [1.54, 1.807) is 38.7 Å².